The van der Waals surface area contributed by atoms with Crippen LogP contribution in [0.3, 0.4) is 0 Å². The Morgan fingerprint density at radius 3 is 2.67 bits per heavy atom. The minimum absolute atomic E-state index is 0.0419. The molecule has 1 aliphatic heterocycles. The molecule has 4 rings (SSSR count). The van der Waals surface area contributed by atoms with Crippen LogP contribution in [0.5, 0.6) is 0 Å². The van der Waals surface area contributed by atoms with Gasteiger partial charge in [0.05, 0.1) is 11.3 Å². The van der Waals surface area contributed by atoms with E-state index in [0.29, 0.717) is 12.3 Å². The van der Waals surface area contributed by atoms with E-state index in [-0.39, 0.29) is 17.1 Å². The number of nitrogens with one attached hydrogen (secondary N) is 1. The largest absolute Gasteiger partial charge is 0.338 e. The highest BCUT2D eigenvalue weighted by Gasteiger charge is 2.42. The summed E-state index contributed by atoms with van der Waals surface area (Å²) in [7, 11) is 0. The van der Waals surface area contributed by atoms with Gasteiger partial charge in [-0.25, -0.2) is 0 Å². The van der Waals surface area contributed by atoms with Crippen LogP contribution in [0.15, 0.2) is 44.5 Å². The molecule has 124 valence electrons. The molecule has 1 atom stereocenters. The standard InChI is InChI=1S/C19H19BrN2O2/c1-10-15-16(11-4-6-12(20)7-5-11)17-13(21-18(15)24-22-10)8-19(2,3)9-14(17)23/h4-7,16,21H,8-9H2,1-3H3. The molecule has 1 aromatic carbocycles. The van der Waals surface area contributed by atoms with Gasteiger partial charge in [0.1, 0.15) is 0 Å². The Kier molecular flexibility index (Phi) is 3.46. The molecule has 0 fully saturated rings. The van der Waals surface area contributed by atoms with Gasteiger partial charge in [0.15, 0.2) is 5.78 Å². The summed E-state index contributed by atoms with van der Waals surface area (Å²) in [4.78, 5) is 13.0. The Morgan fingerprint density at radius 1 is 1.25 bits per heavy atom. The van der Waals surface area contributed by atoms with Gasteiger partial charge in [-0.05, 0) is 36.5 Å². The first kappa shape index (κ1) is 15.6. The van der Waals surface area contributed by atoms with Gasteiger partial charge >= 0.3 is 0 Å². The highest BCUT2D eigenvalue weighted by Crippen LogP contribution is 2.49. The second kappa shape index (κ2) is 5.31. The van der Waals surface area contributed by atoms with Gasteiger partial charge < -0.3 is 9.84 Å². The molecule has 0 amide bonds. The summed E-state index contributed by atoms with van der Waals surface area (Å²) in [5.74, 6) is 0.775. The van der Waals surface area contributed by atoms with Crippen LogP contribution in [0.1, 0.15) is 49.4 Å². The Balaban J connectivity index is 1.93. The minimum atomic E-state index is -0.112. The van der Waals surface area contributed by atoms with Crippen LogP contribution >= 0.6 is 15.9 Å². The number of fused-ring (bicyclic) bond motifs is 1. The predicted octanol–water partition coefficient (Wildman–Crippen LogP) is 4.95. The number of hydrogen-bond acceptors (Lipinski definition) is 4. The number of benzene rings is 1. The average molecular weight is 387 g/mol. The number of anilines is 1. The number of rotatable bonds is 1. The summed E-state index contributed by atoms with van der Waals surface area (Å²) in [6, 6.07) is 8.15. The van der Waals surface area contributed by atoms with Gasteiger partial charge in [0.2, 0.25) is 5.88 Å². The maximum atomic E-state index is 13.0. The Labute approximate surface area is 149 Å². The third-order valence-electron chi connectivity index (χ3n) is 4.87. The van der Waals surface area contributed by atoms with Crippen LogP contribution in [-0.2, 0) is 4.79 Å². The Hall–Kier alpha value is -1.88. The number of carbonyl (C=O) groups excluding carboxylic acids is 1. The summed E-state index contributed by atoms with van der Waals surface area (Å²) in [5.41, 5.74) is 4.70. The third kappa shape index (κ3) is 2.42. The number of halogens is 1. The number of aryl methyl sites for hydroxylation is 1. The number of carbonyl (C=O) groups is 1. The zero-order chi connectivity index (χ0) is 17.1. The van der Waals surface area contributed by atoms with Crippen LogP contribution in [0, 0.1) is 12.3 Å². The molecule has 2 aliphatic rings. The van der Waals surface area contributed by atoms with E-state index in [2.05, 4.69) is 52.4 Å². The zero-order valence-corrected chi connectivity index (χ0v) is 15.5. The van der Waals surface area contributed by atoms with Crippen molar-refractivity contribution in [2.24, 2.45) is 5.41 Å². The number of Topliss-reactive ketones (excluding diaryl/α,β-unsaturated/α-hetero) is 1. The van der Waals surface area contributed by atoms with E-state index in [4.69, 9.17) is 4.52 Å². The summed E-state index contributed by atoms with van der Waals surface area (Å²) in [5, 5.41) is 7.46. The smallest absolute Gasteiger partial charge is 0.233 e. The second-order valence-electron chi connectivity index (χ2n) is 7.45. The van der Waals surface area contributed by atoms with E-state index in [1.54, 1.807) is 0 Å². The summed E-state index contributed by atoms with van der Waals surface area (Å²) < 4.78 is 6.52. The molecule has 0 saturated heterocycles. The monoisotopic (exact) mass is 386 g/mol. The van der Waals surface area contributed by atoms with Crippen molar-refractivity contribution >= 4 is 27.6 Å². The highest BCUT2D eigenvalue weighted by molar-refractivity contribution is 9.10. The van der Waals surface area contributed by atoms with Gasteiger partial charge in [0.25, 0.3) is 0 Å². The summed E-state index contributed by atoms with van der Waals surface area (Å²) >= 11 is 3.48. The van der Waals surface area contributed by atoms with E-state index in [9.17, 15) is 4.79 Å². The number of hydrogen-bond donors (Lipinski definition) is 1. The molecule has 0 bridgehead atoms. The van der Waals surface area contributed by atoms with Crippen molar-refractivity contribution < 1.29 is 9.32 Å². The van der Waals surface area contributed by atoms with Crippen LogP contribution in [0.4, 0.5) is 5.88 Å². The molecule has 0 radical (unpaired) electrons. The molecule has 2 aromatic rings. The molecule has 1 unspecified atom stereocenters. The molecule has 1 N–H and O–H groups in total. The average Bonchev–Trinajstić information content (AvgIpc) is 2.86. The van der Waals surface area contributed by atoms with Crippen molar-refractivity contribution in [2.45, 2.75) is 39.5 Å². The molecule has 24 heavy (non-hydrogen) atoms. The second-order valence-corrected chi connectivity index (χ2v) is 8.37. The van der Waals surface area contributed by atoms with Crippen LogP contribution in [-0.4, -0.2) is 10.9 Å². The van der Waals surface area contributed by atoms with Crippen LogP contribution < -0.4 is 5.32 Å². The molecular weight excluding hydrogens is 368 g/mol. The van der Waals surface area contributed by atoms with Gasteiger partial charge in [-0.2, -0.15) is 0 Å². The lowest BCUT2D eigenvalue weighted by Gasteiger charge is -2.37. The molecule has 4 nitrogen and oxygen atoms in total. The number of nitrogens with zero attached hydrogens (tertiary/aromatic N) is 1. The maximum Gasteiger partial charge on any atom is 0.233 e. The zero-order valence-electron chi connectivity index (χ0n) is 13.9. The van der Waals surface area contributed by atoms with Gasteiger partial charge in [-0.15, -0.1) is 0 Å². The first-order valence-corrected chi connectivity index (χ1v) is 8.90. The summed E-state index contributed by atoms with van der Waals surface area (Å²) in [6.07, 6.45) is 1.40. The maximum absolute atomic E-state index is 13.0. The molecule has 0 spiro atoms. The molecule has 1 aromatic heterocycles. The fourth-order valence-electron chi connectivity index (χ4n) is 3.86. The Morgan fingerprint density at radius 2 is 1.96 bits per heavy atom. The summed E-state index contributed by atoms with van der Waals surface area (Å²) in [6.45, 7) is 6.19. The lowest BCUT2D eigenvalue weighted by molar-refractivity contribution is -0.118. The quantitative estimate of drug-likeness (QED) is 0.753. The van der Waals surface area contributed by atoms with Crippen molar-refractivity contribution in [3.63, 3.8) is 0 Å². The topological polar surface area (TPSA) is 55.1 Å². The SMILES string of the molecule is Cc1noc2c1C(c1ccc(Br)cc1)C1=C(CC(C)(C)CC1=O)N2. The fourth-order valence-corrected chi connectivity index (χ4v) is 4.12. The van der Waals surface area contributed by atoms with Crippen molar-refractivity contribution in [1.82, 2.24) is 5.16 Å². The van der Waals surface area contributed by atoms with Crippen molar-refractivity contribution in [1.29, 1.82) is 0 Å². The van der Waals surface area contributed by atoms with Crippen molar-refractivity contribution in [3.05, 3.63) is 56.8 Å². The van der Waals surface area contributed by atoms with E-state index in [1.165, 1.54) is 0 Å². The van der Waals surface area contributed by atoms with Crippen LogP contribution in [0.2, 0.25) is 0 Å². The van der Waals surface area contributed by atoms with E-state index < -0.39 is 0 Å². The number of allylic oxidation sites excluding steroid dienone is 2. The molecule has 5 heteroatoms. The van der Waals surface area contributed by atoms with Gasteiger partial charge in [0, 0.05) is 28.1 Å². The number of aromatic nitrogens is 1. The van der Waals surface area contributed by atoms with E-state index >= 15 is 0 Å². The highest BCUT2D eigenvalue weighted by atomic mass is 79.9. The molecular formula is C19H19BrN2O2. The molecule has 1 aliphatic carbocycles. The Bertz CT molecular complexity index is 862. The lowest BCUT2D eigenvalue weighted by atomic mass is 9.69. The van der Waals surface area contributed by atoms with E-state index in [0.717, 1.165) is 39.0 Å². The molecule has 0 saturated carbocycles. The van der Waals surface area contributed by atoms with Gasteiger partial charge in [-0.3, -0.25) is 4.79 Å². The first-order chi connectivity index (χ1) is 11.4. The van der Waals surface area contributed by atoms with Crippen molar-refractivity contribution in [3.8, 4) is 0 Å². The van der Waals surface area contributed by atoms with Crippen molar-refractivity contribution in [2.75, 3.05) is 5.32 Å². The fraction of sp³-hybridized carbons (Fsp3) is 0.368. The van der Waals surface area contributed by atoms with Crippen LogP contribution in [0.25, 0.3) is 0 Å². The first-order valence-electron chi connectivity index (χ1n) is 8.11. The lowest BCUT2D eigenvalue weighted by Crippen LogP contribution is -2.33. The predicted molar refractivity (Wildman–Crippen MR) is 95.9 cm³/mol. The van der Waals surface area contributed by atoms with Gasteiger partial charge in [-0.1, -0.05) is 47.1 Å². The normalized spacial score (nSPS) is 22.0. The van der Waals surface area contributed by atoms with E-state index in [1.807, 2.05) is 19.1 Å². The molecule has 2 heterocycles. The number of ketones is 1. The minimum Gasteiger partial charge on any atom is -0.338 e. The third-order valence-corrected chi connectivity index (χ3v) is 5.40.